The molecule has 0 aromatic rings. The Labute approximate surface area is 57.2 Å². The Morgan fingerprint density at radius 1 is 1.44 bits per heavy atom. The maximum atomic E-state index is 8.00. The minimum absolute atomic E-state index is 0.449. The number of hydrogen-bond donors (Lipinski definition) is 0. The highest BCUT2D eigenvalue weighted by Crippen LogP contribution is 1.92. The van der Waals surface area contributed by atoms with Crippen LogP contribution >= 0.6 is 0 Å². The summed E-state index contributed by atoms with van der Waals surface area (Å²) in [7, 11) is 0. The molecule has 1 atom stereocenters. The highest BCUT2D eigenvalue weighted by molar-refractivity contribution is 5.10. The minimum Gasteiger partial charge on any atom is -0.379 e. The highest BCUT2D eigenvalue weighted by Gasteiger charge is 1.91. The molecule has 0 saturated carbocycles. The number of ether oxygens (including phenoxy) is 1. The molecule has 2 heteroatoms. The summed E-state index contributed by atoms with van der Waals surface area (Å²) in [6.45, 7) is 9.07. The van der Waals surface area contributed by atoms with Crippen LogP contribution in [0.5, 0.6) is 0 Å². The zero-order valence-electron chi connectivity index (χ0n) is 6.52. The fourth-order valence-corrected chi connectivity index (χ4v) is 0.402. The lowest BCUT2D eigenvalue weighted by molar-refractivity contribution is -0.0979. The van der Waals surface area contributed by atoms with Crippen LogP contribution in [0.4, 0.5) is 0 Å². The molecule has 56 valence electrons. The van der Waals surface area contributed by atoms with Crippen molar-refractivity contribution in [3.05, 3.63) is 0 Å². The van der Waals surface area contributed by atoms with Crippen LogP contribution in [0.2, 0.25) is 0 Å². The first-order valence-corrected chi connectivity index (χ1v) is 3.21. The third kappa shape index (κ3) is 11.3. The van der Waals surface area contributed by atoms with Gasteiger partial charge in [0.1, 0.15) is 6.79 Å². The van der Waals surface area contributed by atoms with Gasteiger partial charge in [-0.3, -0.25) is 0 Å². The molecule has 0 aliphatic heterocycles. The van der Waals surface area contributed by atoms with E-state index in [1.54, 1.807) is 0 Å². The second kappa shape index (κ2) is 10.6. The maximum absolute atomic E-state index is 8.00. The van der Waals surface area contributed by atoms with Gasteiger partial charge in [-0.15, -0.1) is 0 Å². The van der Waals surface area contributed by atoms with Gasteiger partial charge in [0.15, 0.2) is 0 Å². The lowest BCUT2D eigenvalue weighted by Gasteiger charge is -2.05. The standard InChI is InChI=1S/C6H14O.CH2O/c1-4-6(3)7-5-2;1-2/h6H,4-5H2,1-3H3;1H2. The lowest BCUT2D eigenvalue weighted by Crippen LogP contribution is -2.04. The first-order valence-electron chi connectivity index (χ1n) is 3.21. The molecule has 0 heterocycles. The molecule has 0 amide bonds. The van der Waals surface area contributed by atoms with Gasteiger partial charge in [-0.05, 0) is 20.3 Å². The van der Waals surface area contributed by atoms with Gasteiger partial charge in [-0.2, -0.15) is 0 Å². The fraction of sp³-hybridized carbons (Fsp3) is 0.857. The summed E-state index contributed by atoms with van der Waals surface area (Å²) in [6, 6.07) is 0. The summed E-state index contributed by atoms with van der Waals surface area (Å²) in [6.07, 6.45) is 1.57. The van der Waals surface area contributed by atoms with Crippen molar-refractivity contribution in [2.24, 2.45) is 0 Å². The normalized spacial score (nSPS) is 11.4. The summed E-state index contributed by atoms with van der Waals surface area (Å²) >= 11 is 0. The molecule has 0 aliphatic rings. The average molecular weight is 132 g/mol. The Hall–Kier alpha value is -0.370. The number of rotatable bonds is 3. The van der Waals surface area contributed by atoms with Crippen LogP contribution in [0.1, 0.15) is 27.2 Å². The number of carbonyl (C=O) groups excluding carboxylic acids is 1. The van der Waals surface area contributed by atoms with E-state index in [0.29, 0.717) is 6.10 Å². The molecule has 0 fully saturated rings. The van der Waals surface area contributed by atoms with Gasteiger partial charge >= 0.3 is 0 Å². The summed E-state index contributed by atoms with van der Waals surface area (Å²) in [5.74, 6) is 0. The molecule has 0 N–H and O–H groups in total. The SMILES string of the molecule is C=O.CCOC(C)CC. The fourth-order valence-electron chi connectivity index (χ4n) is 0.402. The van der Waals surface area contributed by atoms with E-state index in [9.17, 15) is 0 Å². The first-order chi connectivity index (χ1) is 4.31. The van der Waals surface area contributed by atoms with E-state index in [4.69, 9.17) is 9.53 Å². The Bertz CT molecular complexity index is 46.2. The second-order valence-corrected chi connectivity index (χ2v) is 1.67. The predicted molar refractivity (Wildman–Crippen MR) is 38.5 cm³/mol. The van der Waals surface area contributed by atoms with Crippen LogP contribution in [0, 0.1) is 0 Å². The summed E-state index contributed by atoms with van der Waals surface area (Å²) in [4.78, 5) is 8.00. The van der Waals surface area contributed by atoms with E-state index < -0.39 is 0 Å². The van der Waals surface area contributed by atoms with Crippen LogP contribution in [-0.4, -0.2) is 19.5 Å². The molecule has 0 aliphatic carbocycles. The van der Waals surface area contributed by atoms with Crippen molar-refractivity contribution in [3.8, 4) is 0 Å². The van der Waals surface area contributed by atoms with Crippen molar-refractivity contribution >= 4 is 6.79 Å². The lowest BCUT2D eigenvalue weighted by atomic mass is 10.3. The van der Waals surface area contributed by atoms with Crippen molar-refractivity contribution in [2.75, 3.05) is 6.61 Å². The molecular formula is C7H16O2. The third-order valence-corrected chi connectivity index (χ3v) is 1.03. The zero-order valence-corrected chi connectivity index (χ0v) is 6.52. The van der Waals surface area contributed by atoms with Crippen LogP contribution in [-0.2, 0) is 9.53 Å². The van der Waals surface area contributed by atoms with E-state index in [2.05, 4.69) is 13.8 Å². The quantitative estimate of drug-likeness (QED) is 0.583. The molecule has 0 aromatic carbocycles. The van der Waals surface area contributed by atoms with Gasteiger partial charge in [-0.25, -0.2) is 0 Å². The Morgan fingerprint density at radius 3 is 2.00 bits per heavy atom. The van der Waals surface area contributed by atoms with Crippen molar-refractivity contribution in [3.63, 3.8) is 0 Å². The predicted octanol–water partition coefficient (Wildman–Crippen LogP) is 1.64. The van der Waals surface area contributed by atoms with E-state index in [0.717, 1.165) is 13.0 Å². The molecule has 0 saturated heterocycles. The number of hydrogen-bond acceptors (Lipinski definition) is 2. The van der Waals surface area contributed by atoms with Crippen molar-refractivity contribution in [1.82, 2.24) is 0 Å². The average Bonchev–Trinajstić information content (AvgIpc) is 1.93. The van der Waals surface area contributed by atoms with Crippen molar-refractivity contribution in [2.45, 2.75) is 33.3 Å². The van der Waals surface area contributed by atoms with E-state index in [-0.39, 0.29) is 0 Å². The third-order valence-electron chi connectivity index (χ3n) is 1.03. The van der Waals surface area contributed by atoms with E-state index in [1.807, 2.05) is 13.7 Å². The zero-order chi connectivity index (χ0) is 7.70. The Morgan fingerprint density at radius 2 is 1.89 bits per heavy atom. The van der Waals surface area contributed by atoms with Gasteiger partial charge in [-0.1, -0.05) is 6.92 Å². The second-order valence-electron chi connectivity index (χ2n) is 1.67. The van der Waals surface area contributed by atoms with Crippen LogP contribution in [0.3, 0.4) is 0 Å². The van der Waals surface area contributed by atoms with Crippen LogP contribution in [0.25, 0.3) is 0 Å². The Kier molecular flexibility index (Phi) is 13.4. The highest BCUT2D eigenvalue weighted by atomic mass is 16.5. The molecular weight excluding hydrogens is 116 g/mol. The number of carbonyl (C=O) groups is 1. The molecule has 0 radical (unpaired) electrons. The molecule has 0 rings (SSSR count). The van der Waals surface area contributed by atoms with Gasteiger partial charge < -0.3 is 9.53 Å². The van der Waals surface area contributed by atoms with Crippen LogP contribution in [0.15, 0.2) is 0 Å². The van der Waals surface area contributed by atoms with Crippen LogP contribution < -0.4 is 0 Å². The van der Waals surface area contributed by atoms with Gasteiger partial charge in [0, 0.05) is 6.61 Å². The molecule has 0 spiro atoms. The minimum atomic E-state index is 0.449. The topological polar surface area (TPSA) is 26.3 Å². The summed E-state index contributed by atoms with van der Waals surface area (Å²) < 4.78 is 5.19. The summed E-state index contributed by atoms with van der Waals surface area (Å²) in [5.41, 5.74) is 0. The summed E-state index contributed by atoms with van der Waals surface area (Å²) in [5, 5.41) is 0. The molecule has 1 unspecified atom stereocenters. The van der Waals surface area contributed by atoms with Gasteiger partial charge in [0.25, 0.3) is 0 Å². The van der Waals surface area contributed by atoms with Crippen molar-refractivity contribution in [1.29, 1.82) is 0 Å². The maximum Gasteiger partial charge on any atom is 0.106 e. The molecule has 2 nitrogen and oxygen atoms in total. The van der Waals surface area contributed by atoms with E-state index in [1.165, 1.54) is 0 Å². The van der Waals surface area contributed by atoms with E-state index >= 15 is 0 Å². The van der Waals surface area contributed by atoms with Gasteiger partial charge in [0.05, 0.1) is 6.10 Å². The monoisotopic (exact) mass is 132 g/mol. The molecule has 0 bridgehead atoms. The molecule has 0 aromatic heterocycles. The first kappa shape index (κ1) is 11.4. The Balaban J connectivity index is 0. The van der Waals surface area contributed by atoms with Gasteiger partial charge in [0.2, 0.25) is 0 Å². The smallest absolute Gasteiger partial charge is 0.106 e. The largest absolute Gasteiger partial charge is 0.379 e. The van der Waals surface area contributed by atoms with Crippen molar-refractivity contribution < 1.29 is 9.53 Å². The molecule has 9 heavy (non-hydrogen) atoms.